The number of carbonyl (C=O) groups excluding carboxylic acids is 3. The third-order valence-corrected chi connectivity index (χ3v) is 2.84. The van der Waals surface area contributed by atoms with Gasteiger partial charge < -0.3 is 10.1 Å². The summed E-state index contributed by atoms with van der Waals surface area (Å²) in [6, 6.07) is 8.98. The molecule has 0 radical (unpaired) electrons. The van der Waals surface area contributed by atoms with E-state index in [0.717, 1.165) is 0 Å². The highest BCUT2D eigenvalue weighted by Gasteiger charge is 2.10. The number of aromatic nitrogens is 1. The highest BCUT2D eigenvalue weighted by Crippen LogP contribution is 2.09. The van der Waals surface area contributed by atoms with Gasteiger partial charge in [-0.05, 0) is 24.3 Å². The van der Waals surface area contributed by atoms with E-state index in [-0.39, 0.29) is 5.56 Å². The molecule has 0 fully saturated rings. The van der Waals surface area contributed by atoms with Crippen molar-refractivity contribution < 1.29 is 19.1 Å². The van der Waals surface area contributed by atoms with Gasteiger partial charge in [-0.1, -0.05) is 23.7 Å². The molecule has 2 rings (SSSR count). The monoisotopic (exact) mass is 318 g/mol. The molecule has 0 bridgehead atoms. The highest BCUT2D eigenvalue weighted by molar-refractivity contribution is 6.30. The van der Waals surface area contributed by atoms with Crippen LogP contribution in [0, 0.1) is 0 Å². The first-order chi connectivity index (χ1) is 10.6. The van der Waals surface area contributed by atoms with Crippen LogP contribution in [-0.4, -0.2) is 29.8 Å². The minimum absolute atomic E-state index is 0.253. The lowest BCUT2D eigenvalue weighted by Crippen LogP contribution is -2.21. The van der Waals surface area contributed by atoms with Crippen LogP contribution in [0.1, 0.15) is 20.7 Å². The fourth-order valence-corrected chi connectivity index (χ4v) is 1.65. The largest absolute Gasteiger partial charge is 0.452 e. The Morgan fingerprint density at radius 3 is 2.50 bits per heavy atom. The summed E-state index contributed by atoms with van der Waals surface area (Å²) in [6.45, 7) is -0.446. The number of hydrogen-bond acceptors (Lipinski definition) is 5. The molecule has 22 heavy (non-hydrogen) atoms. The normalized spacial score (nSPS) is 9.86. The lowest BCUT2D eigenvalue weighted by Gasteiger charge is -2.06. The zero-order chi connectivity index (χ0) is 15.9. The summed E-state index contributed by atoms with van der Waals surface area (Å²) in [5, 5.41) is 2.91. The average molecular weight is 319 g/mol. The summed E-state index contributed by atoms with van der Waals surface area (Å²) in [5.41, 5.74) is 0.700. The number of halogens is 1. The number of rotatable bonds is 5. The third-order valence-electron chi connectivity index (χ3n) is 2.61. The fraction of sp³-hybridized carbons (Fsp3) is 0.0667. The molecule has 112 valence electrons. The number of pyridine rings is 1. The third kappa shape index (κ3) is 4.39. The predicted molar refractivity (Wildman–Crippen MR) is 80.0 cm³/mol. The molecule has 0 unspecified atom stereocenters. The number of nitrogens with one attached hydrogen (secondary N) is 1. The first-order valence-electron chi connectivity index (χ1n) is 6.22. The smallest absolute Gasteiger partial charge is 0.338 e. The fourth-order valence-electron chi connectivity index (χ4n) is 1.54. The van der Waals surface area contributed by atoms with Gasteiger partial charge >= 0.3 is 5.97 Å². The van der Waals surface area contributed by atoms with Crippen molar-refractivity contribution in [1.82, 2.24) is 4.98 Å². The van der Waals surface area contributed by atoms with E-state index in [2.05, 4.69) is 10.3 Å². The van der Waals surface area contributed by atoms with E-state index >= 15 is 0 Å². The molecular formula is C15H11ClN2O4. The molecule has 0 saturated heterocycles. The zero-order valence-corrected chi connectivity index (χ0v) is 12.0. The molecule has 0 aliphatic heterocycles. The minimum atomic E-state index is -0.656. The maximum Gasteiger partial charge on any atom is 0.338 e. The van der Waals surface area contributed by atoms with Crippen LogP contribution in [-0.2, 0) is 9.53 Å². The molecule has 0 aliphatic rings. The molecule has 0 saturated carbocycles. The maximum absolute atomic E-state index is 11.7. The van der Waals surface area contributed by atoms with Crippen LogP contribution in [0.5, 0.6) is 0 Å². The molecule has 0 aliphatic carbocycles. The number of nitrogens with zero attached hydrogens (tertiary/aromatic N) is 1. The molecule has 1 aromatic heterocycles. The number of aldehydes is 1. The lowest BCUT2D eigenvalue weighted by atomic mass is 10.1. The van der Waals surface area contributed by atoms with Gasteiger partial charge in [-0.3, -0.25) is 9.59 Å². The van der Waals surface area contributed by atoms with Gasteiger partial charge in [-0.2, -0.15) is 0 Å². The van der Waals surface area contributed by atoms with Crippen molar-refractivity contribution in [2.75, 3.05) is 11.9 Å². The summed E-state index contributed by atoms with van der Waals surface area (Å²) < 4.78 is 4.87. The summed E-state index contributed by atoms with van der Waals surface area (Å²) in [5.74, 6) is -0.870. The zero-order valence-electron chi connectivity index (χ0n) is 11.3. The van der Waals surface area contributed by atoms with E-state index in [1.165, 1.54) is 36.5 Å². The maximum atomic E-state index is 11.7. The van der Waals surface area contributed by atoms with Crippen molar-refractivity contribution in [3.05, 3.63) is 58.7 Å². The Hall–Kier alpha value is -2.73. The Bertz CT molecular complexity index is 684. The second-order valence-electron chi connectivity index (χ2n) is 4.23. The van der Waals surface area contributed by atoms with Crippen molar-refractivity contribution in [2.24, 2.45) is 0 Å². The molecule has 2 aromatic rings. The Morgan fingerprint density at radius 2 is 1.91 bits per heavy atom. The second kappa shape index (κ2) is 7.33. The number of anilines is 1. The van der Waals surface area contributed by atoms with Gasteiger partial charge in [0.1, 0.15) is 12.1 Å². The quantitative estimate of drug-likeness (QED) is 0.675. The number of benzene rings is 1. The topological polar surface area (TPSA) is 85.4 Å². The van der Waals surface area contributed by atoms with Crippen molar-refractivity contribution in [3.63, 3.8) is 0 Å². The number of ether oxygens (including phenoxy) is 1. The molecule has 1 N–H and O–H groups in total. The van der Waals surface area contributed by atoms with Gasteiger partial charge in [0.25, 0.3) is 5.91 Å². The van der Waals surface area contributed by atoms with E-state index in [1.54, 1.807) is 6.07 Å². The van der Waals surface area contributed by atoms with Gasteiger partial charge in [0.15, 0.2) is 6.61 Å². The molecule has 1 heterocycles. The van der Waals surface area contributed by atoms with E-state index in [1.807, 2.05) is 0 Å². The molecule has 1 aromatic carbocycles. The molecule has 1 amide bonds. The summed E-state index contributed by atoms with van der Waals surface area (Å²) in [4.78, 5) is 37.7. The molecular weight excluding hydrogens is 308 g/mol. The average Bonchev–Trinajstić information content (AvgIpc) is 2.55. The van der Waals surface area contributed by atoms with Crippen LogP contribution in [0.2, 0.25) is 5.02 Å². The predicted octanol–water partition coefficient (Wildman–Crippen LogP) is 2.34. The van der Waals surface area contributed by atoms with Crippen molar-refractivity contribution in [3.8, 4) is 0 Å². The van der Waals surface area contributed by atoms with Crippen LogP contribution < -0.4 is 5.32 Å². The first kappa shape index (κ1) is 15.7. The number of esters is 1. The van der Waals surface area contributed by atoms with E-state index in [0.29, 0.717) is 22.7 Å². The first-order valence-corrected chi connectivity index (χ1v) is 6.60. The Kier molecular flexibility index (Phi) is 5.21. The second-order valence-corrected chi connectivity index (χ2v) is 4.66. The summed E-state index contributed by atoms with van der Waals surface area (Å²) in [7, 11) is 0. The molecule has 0 atom stereocenters. The van der Waals surface area contributed by atoms with Crippen molar-refractivity contribution in [2.45, 2.75) is 0 Å². The van der Waals surface area contributed by atoms with E-state index < -0.39 is 18.5 Å². The van der Waals surface area contributed by atoms with Crippen LogP contribution in [0.15, 0.2) is 42.6 Å². The molecule has 7 heteroatoms. The molecule has 6 nitrogen and oxygen atoms in total. The van der Waals surface area contributed by atoms with E-state index in [9.17, 15) is 14.4 Å². The van der Waals surface area contributed by atoms with E-state index in [4.69, 9.17) is 16.3 Å². The molecule has 0 spiro atoms. The van der Waals surface area contributed by atoms with Crippen molar-refractivity contribution in [1.29, 1.82) is 0 Å². The van der Waals surface area contributed by atoms with Gasteiger partial charge in [-0.15, -0.1) is 0 Å². The lowest BCUT2D eigenvalue weighted by molar-refractivity contribution is -0.119. The van der Waals surface area contributed by atoms with Crippen molar-refractivity contribution >= 4 is 35.6 Å². The Balaban J connectivity index is 1.85. The number of carbonyl (C=O) groups is 3. The Labute approximate surface area is 131 Å². The van der Waals surface area contributed by atoms with Crippen LogP contribution >= 0.6 is 11.6 Å². The SMILES string of the molecule is O=Cc1ccc(C(=O)OCC(=O)Nc2ccc(Cl)cn2)cc1. The van der Waals surface area contributed by atoms with Gasteiger partial charge in [0.05, 0.1) is 10.6 Å². The standard InChI is InChI=1S/C15H11ClN2O4/c16-12-5-6-13(17-7-12)18-14(20)9-22-15(21)11-3-1-10(8-19)2-4-11/h1-8H,9H2,(H,17,18,20). The van der Waals surface area contributed by atoms with Gasteiger partial charge in [0.2, 0.25) is 0 Å². The van der Waals surface area contributed by atoms with Gasteiger partial charge in [-0.25, -0.2) is 9.78 Å². The summed E-state index contributed by atoms with van der Waals surface area (Å²) >= 11 is 5.67. The van der Waals surface area contributed by atoms with Crippen LogP contribution in [0.3, 0.4) is 0 Å². The highest BCUT2D eigenvalue weighted by atomic mass is 35.5. The number of amides is 1. The number of hydrogen-bond donors (Lipinski definition) is 1. The van der Waals surface area contributed by atoms with Crippen LogP contribution in [0.4, 0.5) is 5.82 Å². The minimum Gasteiger partial charge on any atom is -0.452 e. The summed E-state index contributed by atoms with van der Waals surface area (Å²) in [6.07, 6.45) is 2.06. The van der Waals surface area contributed by atoms with Crippen LogP contribution in [0.25, 0.3) is 0 Å². The van der Waals surface area contributed by atoms with Gasteiger partial charge in [0, 0.05) is 11.8 Å². The Morgan fingerprint density at radius 1 is 1.18 bits per heavy atom.